The summed E-state index contributed by atoms with van der Waals surface area (Å²) in [5, 5.41) is 8.47. The number of amides is 2. The van der Waals surface area contributed by atoms with Crippen molar-refractivity contribution in [3.05, 3.63) is 5.82 Å². The summed E-state index contributed by atoms with van der Waals surface area (Å²) in [5.41, 5.74) is -0.695. The van der Waals surface area contributed by atoms with Crippen molar-refractivity contribution in [3.8, 4) is 0 Å². The Morgan fingerprint density at radius 1 is 1.62 bits per heavy atom. The maximum atomic E-state index is 12.7. The van der Waals surface area contributed by atoms with Gasteiger partial charge in [-0.2, -0.15) is 4.98 Å². The third-order valence-corrected chi connectivity index (χ3v) is 2.69. The Morgan fingerprint density at radius 3 is 2.81 bits per heavy atom. The minimum absolute atomic E-state index is 0.0170. The zero-order chi connectivity index (χ0) is 11.6. The van der Waals surface area contributed by atoms with E-state index < -0.39 is 18.2 Å². The molecule has 2 N–H and O–H groups in total. The number of nitrogens with zero attached hydrogens (tertiary/aromatic N) is 2. The molecular weight excluding hydrogens is 215 g/mol. The molecule has 0 aliphatic heterocycles. The van der Waals surface area contributed by atoms with Gasteiger partial charge in [0.1, 0.15) is 6.67 Å². The third kappa shape index (κ3) is 2.12. The lowest BCUT2D eigenvalue weighted by molar-refractivity contribution is 0.147. The van der Waals surface area contributed by atoms with Gasteiger partial charge in [-0.1, -0.05) is 5.16 Å². The van der Waals surface area contributed by atoms with Crippen LogP contribution in [0.4, 0.5) is 15.2 Å². The Morgan fingerprint density at radius 2 is 2.38 bits per heavy atom. The van der Waals surface area contributed by atoms with Gasteiger partial charge in [-0.05, 0) is 26.2 Å². The summed E-state index contributed by atoms with van der Waals surface area (Å²) in [7, 11) is 0. The molecule has 0 saturated heterocycles. The first-order chi connectivity index (χ1) is 7.63. The van der Waals surface area contributed by atoms with E-state index in [2.05, 4.69) is 20.8 Å². The highest BCUT2D eigenvalue weighted by atomic mass is 19.1. The van der Waals surface area contributed by atoms with Crippen LogP contribution in [0.5, 0.6) is 0 Å². The fourth-order valence-corrected chi connectivity index (χ4v) is 1.61. The second-order valence-electron chi connectivity index (χ2n) is 3.99. The summed E-state index contributed by atoms with van der Waals surface area (Å²) in [4.78, 5) is 15.3. The molecule has 0 atom stereocenters. The molecular formula is C9H13FN4O2. The van der Waals surface area contributed by atoms with Gasteiger partial charge in [-0.25, -0.2) is 9.18 Å². The van der Waals surface area contributed by atoms with Gasteiger partial charge >= 0.3 is 12.0 Å². The van der Waals surface area contributed by atoms with Crippen LogP contribution < -0.4 is 10.6 Å². The highest BCUT2D eigenvalue weighted by Gasteiger charge is 2.38. The van der Waals surface area contributed by atoms with E-state index in [0.29, 0.717) is 18.7 Å². The molecule has 0 bridgehead atoms. The first kappa shape index (κ1) is 10.8. The van der Waals surface area contributed by atoms with Crippen LogP contribution >= 0.6 is 0 Å². The number of aromatic nitrogens is 2. The molecule has 0 radical (unpaired) electrons. The van der Waals surface area contributed by atoms with Gasteiger partial charge in [0.2, 0.25) is 0 Å². The van der Waals surface area contributed by atoms with Crippen molar-refractivity contribution >= 4 is 12.0 Å². The summed E-state index contributed by atoms with van der Waals surface area (Å²) in [6.07, 6.45) is 2.27. The Bertz CT molecular complexity index is 383. The highest BCUT2D eigenvalue weighted by Crippen LogP contribution is 2.32. The van der Waals surface area contributed by atoms with E-state index in [1.165, 1.54) is 0 Å². The van der Waals surface area contributed by atoms with Crippen LogP contribution in [0.25, 0.3) is 0 Å². The molecule has 7 heteroatoms. The number of aryl methyl sites for hydroxylation is 1. The number of nitrogens with one attached hydrogen (secondary N) is 2. The lowest BCUT2D eigenvalue weighted by atomic mass is 9.78. The maximum absolute atomic E-state index is 12.7. The fraction of sp³-hybridized carbons (Fsp3) is 0.667. The first-order valence-electron chi connectivity index (χ1n) is 5.09. The molecule has 1 aliphatic rings. The van der Waals surface area contributed by atoms with Crippen LogP contribution in [-0.4, -0.2) is 28.4 Å². The standard InChI is InChI=1S/C9H13FN4O2/c1-6-11-8(16-14-6)12-7(15)13-9(5-10)3-2-4-9/h2-5H2,1H3,(H2,11,12,13,14,15). The molecule has 2 rings (SSSR count). The average Bonchev–Trinajstić information content (AvgIpc) is 2.57. The average molecular weight is 228 g/mol. The van der Waals surface area contributed by atoms with Crippen LogP contribution in [0, 0.1) is 6.92 Å². The Balaban J connectivity index is 1.89. The van der Waals surface area contributed by atoms with Crippen LogP contribution in [0.1, 0.15) is 25.1 Å². The van der Waals surface area contributed by atoms with Crippen molar-refractivity contribution in [1.82, 2.24) is 15.5 Å². The third-order valence-electron chi connectivity index (χ3n) is 2.69. The normalized spacial score (nSPS) is 17.6. The van der Waals surface area contributed by atoms with Gasteiger partial charge < -0.3 is 9.84 Å². The number of carbonyl (C=O) groups excluding carboxylic acids is 1. The van der Waals surface area contributed by atoms with E-state index in [-0.39, 0.29) is 6.01 Å². The molecule has 1 fully saturated rings. The van der Waals surface area contributed by atoms with Crippen molar-refractivity contribution in [3.63, 3.8) is 0 Å². The number of alkyl halides is 1. The van der Waals surface area contributed by atoms with Gasteiger partial charge in [0, 0.05) is 0 Å². The number of rotatable bonds is 3. The van der Waals surface area contributed by atoms with Crippen LogP contribution in [0.2, 0.25) is 0 Å². The summed E-state index contributed by atoms with van der Waals surface area (Å²) in [6.45, 7) is 1.09. The molecule has 16 heavy (non-hydrogen) atoms. The minimum atomic E-state index is -0.695. The molecule has 0 aromatic carbocycles. The van der Waals surface area contributed by atoms with Gasteiger partial charge in [0.05, 0.1) is 5.54 Å². The van der Waals surface area contributed by atoms with Gasteiger partial charge in [-0.15, -0.1) is 0 Å². The van der Waals surface area contributed by atoms with Crippen LogP contribution in [0.3, 0.4) is 0 Å². The van der Waals surface area contributed by atoms with Gasteiger partial charge in [-0.3, -0.25) is 5.32 Å². The van der Waals surface area contributed by atoms with Crippen molar-refractivity contribution in [2.75, 3.05) is 12.0 Å². The van der Waals surface area contributed by atoms with Crippen molar-refractivity contribution < 1.29 is 13.7 Å². The molecule has 1 aromatic rings. The van der Waals surface area contributed by atoms with Crippen LogP contribution in [0.15, 0.2) is 4.52 Å². The number of halogens is 1. The molecule has 6 nitrogen and oxygen atoms in total. The Kier molecular flexibility index (Phi) is 2.76. The number of urea groups is 1. The number of anilines is 1. The summed E-state index contributed by atoms with van der Waals surface area (Å²) in [5.74, 6) is 0.430. The van der Waals surface area contributed by atoms with E-state index >= 15 is 0 Å². The molecule has 1 heterocycles. The van der Waals surface area contributed by atoms with Crippen molar-refractivity contribution in [2.24, 2.45) is 0 Å². The lowest BCUT2D eigenvalue weighted by Crippen LogP contribution is -2.56. The largest absolute Gasteiger partial charge is 0.330 e. The monoisotopic (exact) mass is 228 g/mol. The Hall–Kier alpha value is -1.66. The molecule has 0 unspecified atom stereocenters. The predicted octanol–water partition coefficient (Wildman–Crippen LogP) is 1.39. The molecule has 88 valence electrons. The van der Waals surface area contributed by atoms with E-state index in [1.54, 1.807) is 6.92 Å². The zero-order valence-corrected chi connectivity index (χ0v) is 8.92. The van der Waals surface area contributed by atoms with Crippen molar-refractivity contribution in [1.29, 1.82) is 0 Å². The molecule has 1 aromatic heterocycles. The van der Waals surface area contributed by atoms with Crippen LogP contribution in [-0.2, 0) is 0 Å². The molecule has 2 amide bonds. The van der Waals surface area contributed by atoms with E-state index in [0.717, 1.165) is 6.42 Å². The second kappa shape index (κ2) is 4.07. The predicted molar refractivity (Wildman–Crippen MR) is 53.7 cm³/mol. The lowest BCUT2D eigenvalue weighted by Gasteiger charge is -2.39. The second-order valence-corrected chi connectivity index (χ2v) is 3.99. The summed E-state index contributed by atoms with van der Waals surface area (Å²) < 4.78 is 17.4. The molecule has 1 saturated carbocycles. The Labute approximate surface area is 91.6 Å². The molecule has 1 aliphatic carbocycles. The maximum Gasteiger partial charge on any atom is 0.329 e. The van der Waals surface area contributed by atoms with E-state index in [1.807, 2.05) is 0 Å². The number of hydrogen-bond donors (Lipinski definition) is 2. The summed E-state index contributed by atoms with van der Waals surface area (Å²) >= 11 is 0. The first-order valence-corrected chi connectivity index (χ1v) is 5.09. The summed E-state index contributed by atoms with van der Waals surface area (Å²) in [6, 6.07) is -0.496. The minimum Gasteiger partial charge on any atom is -0.330 e. The number of carbonyl (C=O) groups is 1. The van der Waals surface area contributed by atoms with Gasteiger partial charge in [0.25, 0.3) is 0 Å². The zero-order valence-electron chi connectivity index (χ0n) is 8.92. The quantitative estimate of drug-likeness (QED) is 0.819. The highest BCUT2D eigenvalue weighted by molar-refractivity contribution is 5.87. The van der Waals surface area contributed by atoms with Gasteiger partial charge in [0.15, 0.2) is 5.82 Å². The SMILES string of the molecule is Cc1noc(NC(=O)NC2(CF)CCC2)n1. The number of hydrogen-bond acceptors (Lipinski definition) is 4. The van der Waals surface area contributed by atoms with E-state index in [9.17, 15) is 9.18 Å². The van der Waals surface area contributed by atoms with E-state index in [4.69, 9.17) is 4.52 Å². The molecule has 0 spiro atoms. The smallest absolute Gasteiger partial charge is 0.329 e. The topological polar surface area (TPSA) is 80.0 Å². The van der Waals surface area contributed by atoms with Crippen molar-refractivity contribution in [2.45, 2.75) is 31.7 Å². The fourth-order valence-electron chi connectivity index (χ4n) is 1.61.